The number of ketones is 1. The molecule has 0 aromatic carbocycles. The van der Waals surface area contributed by atoms with Crippen molar-refractivity contribution in [2.45, 2.75) is 147 Å². The van der Waals surface area contributed by atoms with E-state index in [1.807, 2.05) is 0 Å². The van der Waals surface area contributed by atoms with Crippen LogP contribution in [-0.4, -0.2) is 110 Å². The Balaban J connectivity index is 1.51. The third-order valence-corrected chi connectivity index (χ3v) is 7.35. The lowest BCUT2D eigenvalue weighted by atomic mass is 9.97. The zero-order valence-electron chi connectivity index (χ0n) is 26.1. The van der Waals surface area contributed by atoms with Crippen molar-refractivity contribution in [3.05, 3.63) is 0 Å². The van der Waals surface area contributed by atoms with Gasteiger partial charge in [-0.3, -0.25) is 9.59 Å². The number of alkyl carbamates (subject to hydrolysis) is 1. The lowest BCUT2D eigenvalue weighted by Gasteiger charge is -2.33. The molecule has 14 heteroatoms. The summed E-state index contributed by atoms with van der Waals surface area (Å²) in [5, 5.41) is 5.67. The molecular formula is C28H46N2O12. The molecule has 42 heavy (non-hydrogen) atoms. The highest BCUT2D eigenvalue weighted by atomic mass is 16.9. The molecule has 0 radical (unpaired) electrons. The molecule has 14 nitrogen and oxygen atoms in total. The van der Waals surface area contributed by atoms with Crippen molar-refractivity contribution < 1.29 is 57.0 Å². The molecule has 4 aliphatic heterocycles. The number of hydrogen-bond acceptors (Lipinski definition) is 12. The summed E-state index contributed by atoms with van der Waals surface area (Å²) in [5.41, 5.74) is -0.779. The van der Waals surface area contributed by atoms with Gasteiger partial charge in [-0.1, -0.05) is 0 Å². The third kappa shape index (κ3) is 7.59. The van der Waals surface area contributed by atoms with Crippen LogP contribution in [0.25, 0.3) is 0 Å². The largest absolute Gasteiger partial charge is 0.444 e. The molecule has 0 aromatic heterocycles. The summed E-state index contributed by atoms with van der Waals surface area (Å²) in [6.07, 6.45) is -6.41. The van der Waals surface area contributed by atoms with Crippen molar-refractivity contribution >= 4 is 17.8 Å². The molecule has 10 atom stereocenters. The number of amides is 2. The van der Waals surface area contributed by atoms with E-state index < -0.39 is 90.5 Å². The van der Waals surface area contributed by atoms with E-state index in [1.54, 1.807) is 48.5 Å². The highest BCUT2D eigenvalue weighted by molar-refractivity contribution is 5.80. The second-order valence-electron chi connectivity index (χ2n) is 13.1. The van der Waals surface area contributed by atoms with E-state index in [4.69, 9.17) is 42.6 Å². The Morgan fingerprint density at radius 2 is 1.21 bits per heavy atom. The van der Waals surface area contributed by atoms with Crippen molar-refractivity contribution in [3.8, 4) is 0 Å². The highest BCUT2D eigenvalue weighted by Crippen LogP contribution is 2.41. The number of ether oxygens (including phenoxy) is 9. The minimum Gasteiger partial charge on any atom is -0.444 e. The Morgan fingerprint density at radius 3 is 1.62 bits per heavy atom. The highest BCUT2D eigenvalue weighted by Gasteiger charge is 2.59. The van der Waals surface area contributed by atoms with Crippen LogP contribution >= 0.6 is 0 Å². The Bertz CT molecular complexity index is 1010. The summed E-state index contributed by atoms with van der Waals surface area (Å²) < 4.78 is 52.8. The number of fused-ring (bicyclic) bond motifs is 2. The van der Waals surface area contributed by atoms with Gasteiger partial charge in [-0.2, -0.15) is 0 Å². The van der Waals surface area contributed by atoms with Crippen molar-refractivity contribution in [2.75, 3.05) is 14.2 Å². The molecule has 4 rings (SSSR count). The van der Waals surface area contributed by atoms with Crippen LogP contribution in [0.4, 0.5) is 4.79 Å². The molecule has 4 heterocycles. The van der Waals surface area contributed by atoms with Crippen molar-refractivity contribution in [2.24, 2.45) is 0 Å². The molecule has 0 saturated carbocycles. The second kappa shape index (κ2) is 12.2. The summed E-state index contributed by atoms with van der Waals surface area (Å²) in [5.74, 6) is -2.39. The van der Waals surface area contributed by atoms with Gasteiger partial charge < -0.3 is 53.3 Å². The summed E-state index contributed by atoms with van der Waals surface area (Å²) in [6, 6.07) is -1.67. The van der Waals surface area contributed by atoms with Crippen LogP contribution in [-0.2, 0) is 52.2 Å². The normalized spacial score (nSPS) is 36.1. The van der Waals surface area contributed by atoms with E-state index in [9.17, 15) is 14.4 Å². The lowest BCUT2D eigenvalue weighted by Crippen LogP contribution is -2.55. The van der Waals surface area contributed by atoms with Gasteiger partial charge in [-0.05, 0) is 55.4 Å². The molecular weight excluding hydrogens is 556 g/mol. The molecule has 0 aliphatic carbocycles. The van der Waals surface area contributed by atoms with Crippen LogP contribution in [0.15, 0.2) is 0 Å². The average Bonchev–Trinajstić information content (AvgIpc) is 3.50. The molecule has 2 unspecified atom stereocenters. The van der Waals surface area contributed by atoms with Gasteiger partial charge in [0.25, 0.3) is 0 Å². The van der Waals surface area contributed by atoms with Crippen LogP contribution < -0.4 is 10.6 Å². The van der Waals surface area contributed by atoms with Crippen molar-refractivity contribution in [1.29, 1.82) is 0 Å². The van der Waals surface area contributed by atoms with Gasteiger partial charge in [0, 0.05) is 27.1 Å². The Morgan fingerprint density at radius 1 is 0.762 bits per heavy atom. The van der Waals surface area contributed by atoms with Crippen molar-refractivity contribution in [1.82, 2.24) is 10.6 Å². The number of methoxy groups -OCH3 is 2. The monoisotopic (exact) mass is 602 g/mol. The molecule has 4 saturated heterocycles. The molecule has 240 valence electrons. The summed E-state index contributed by atoms with van der Waals surface area (Å²) in [4.78, 5) is 38.7. The minimum atomic E-state index is -0.904. The van der Waals surface area contributed by atoms with Gasteiger partial charge in [0.05, 0.1) is 12.1 Å². The second-order valence-corrected chi connectivity index (χ2v) is 13.1. The van der Waals surface area contributed by atoms with E-state index in [0.29, 0.717) is 0 Å². The van der Waals surface area contributed by atoms with Crippen LogP contribution in [0.2, 0.25) is 0 Å². The number of hydrogen-bond donors (Lipinski definition) is 2. The Hall–Kier alpha value is -1.91. The Kier molecular flexibility index (Phi) is 9.61. The van der Waals surface area contributed by atoms with Gasteiger partial charge in [0.2, 0.25) is 5.91 Å². The number of carbonyl (C=O) groups is 3. The molecule has 2 amide bonds. The molecule has 0 spiro atoms. The van der Waals surface area contributed by atoms with E-state index in [1.165, 1.54) is 21.1 Å². The van der Waals surface area contributed by atoms with Gasteiger partial charge in [-0.15, -0.1) is 0 Å². The number of Topliss-reactive ketones (excluding diaryl/α,β-unsaturated/α-hetero) is 1. The van der Waals surface area contributed by atoms with Gasteiger partial charge in [0.15, 0.2) is 24.2 Å². The predicted molar refractivity (Wildman–Crippen MR) is 144 cm³/mol. The zero-order chi connectivity index (χ0) is 31.2. The maximum Gasteiger partial charge on any atom is 0.407 e. The fourth-order valence-corrected chi connectivity index (χ4v) is 5.93. The van der Waals surface area contributed by atoms with Gasteiger partial charge in [-0.25, -0.2) is 4.79 Å². The van der Waals surface area contributed by atoms with Crippen LogP contribution in [0.5, 0.6) is 0 Å². The first kappa shape index (κ1) is 33.0. The van der Waals surface area contributed by atoms with Crippen LogP contribution in [0.3, 0.4) is 0 Å². The van der Waals surface area contributed by atoms with E-state index >= 15 is 0 Å². The molecule has 4 aliphatic rings. The maximum absolute atomic E-state index is 13.6. The van der Waals surface area contributed by atoms with E-state index in [2.05, 4.69) is 10.6 Å². The Labute approximate surface area is 246 Å². The zero-order valence-corrected chi connectivity index (χ0v) is 26.1. The summed E-state index contributed by atoms with van der Waals surface area (Å²) in [6.45, 7) is 13.7. The molecule has 0 aromatic rings. The number of nitrogens with one attached hydrogen (secondary N) is 2. The van der Waals surface area contributed by atoms with Gasteiger partial charge in [0.1, 0.15) is 48.0 Å². The van der Waals surface area contributed by atoms with Gasteiger partial charge >= 0.3 is 6.09 Å². The molecule has 2 N–H and O–H groups in total. The van der Waals surface area contributed by atoms with Crippen LogP contribution in [0.1, 0.15) is 68.2 Å². The molecule has 0 bridgehead atoms. The fraction of sp³-hybridized carbons (Fsp3) is 0.893. The molecule has 4 fully saturated rings. The average molecular weight is 603 g/mol. The summed E-state index contributed by atoms with van der Waals surface area (Å²) >= 11 is 0. The maximum atomic E-state index is 13.6. The smallest absolute Gasteiger partial charge is 0.407 e. The third-order valence-electron chi connectivity index (χ3n) is 7.35. The number of carbonyl (C=O) groups excluding carboxylic acids is 3. The minimum absolute atomic E-state index is 0.0230. The fourth-order valence-electron chi connectivity index (χ4n) is 5.93. The predicted octanol–water partition coefficient (Wildman–Crippen LogP) is 1.52. The SMILES string of the molecule is CO[C@@H]1[C@H]2OC(C)(C)O[C@H]2O[C@H]1C(CC(C)=O)NC(=O)CC(NC(=O)OC(C)(C)C)[C@@H]1O[C@@H]2OC(C)(C)O[C@@H]2[C@H]1OC. The first-order chi connectivity index (χ1) is 19.4. The first-order valence-corrected chi connectivity index (χ1v) is 14.3. The van der Waals surface area contributed by atoms with Crippen molar-refractivity contribution in [3.63, 3.8) is 0 Å². The lowest BCUT2D eigenvalue weighted by molar-refractivity contribution is -0.220. The first-order valence-electron chi connectivity index (χ1n) is 14.3. The quantitative estimate of drug-likeness (QED) is 0.372. The van der Waals surface area contributed by atoms with Crippen LogP contribution in [0, 0.1) is 0 Å². The standard InChI is InChI=1S/C28H46N2O12/c1-13(31)11-14(17-19(34-9)21-23(36-17)40-27(5,6)38-21)29-16(32)12-15(30-25(33)42-26(2,3)4)18-20(35-10)22-24(37-18)41-28(7,8)39-22/h14-15,17-24H,11-12H2,1-10H3,(H,29,32)(H,30,33)/t14?,15?,17-,18-,19-,20-,21+,22+,23+,24+/m0/s1. The summed E-state index contributed by atoms with van der Waals surface area (Å²) in [7, 11) is 3.01. The van der Waals surface area contributed by atoms with E-state index in [-0.39, 0.29) is 18.6 Å². The number of rotatable bonds is 10. The van der Waals surface area contributed by atoms with E-state index in [0.717, 1.165) is 0 Å². The topological polar surface area (TPSA) is 158 Å².